The van der Waals surface area contributed by atoms with E-state index < -0.39 is 40.1 Å². The van der Waals surface area contributed by atoms with Crippen LogP contribution in [0.1, 0.15) is 103 Å². The van der Waals surface area contributed by atoms with Gasteiger partial charge in [0.25, 0.3) is 0 Å². The molecule has 5 atom stereocenters. The Labute approximate surface area is 270 Å². The molecule has 0 aromatic heterocycles. The Hall–Kier alpha value is -3.91. The van der Waals surface area contributed by atoms with E-state index in [1.165, 1.54) is 18.6 Å². The van der Waals surface area contributed by atoms with Crippen molar-refractivity contribution >= 4 is 23.6 Å². The van der Waals surface area contributed by atoms with E-state index in [0.717, 1.165) is 12.0 Å². The lowest BCUT2D eigenvalue weighted by Gasteiger charge is -2.56. The van der Waals surface area contributed by atoms with Crippen molar-refractivity contribution in [2.75, 3.05) is 0 Å². The Bertz CT molecular complexity index is 1730. The zero-order chi connectivity index (χ0) is 33.6. The van der Waals surface area contributed by atoms with Gasteiger partial charge in [-0.3, -0.25) is 9.59 Å². The molecule has 1 aromatic rings. The average molecular weight is 629 g/mol. The van der Waals surface area contributed by atoms with Crippen LogP contribution in [-0.2, 0) is 20.7 Å². The number of rotatable bonds is 8. The fraction of sp³-hybridized carbons (Fsp3) is 0.500. The van der Waals surface area contributed by atoms with Crippen molar-refractivity contribution in [1.82, 2.24) is 0 Å². The molecule has 1 saturated carbocycles. The molecular weight excluding hydrogens is 584 g/mol. The fourth-order valence-electron chi connectivity index (χ4n) is 8.17. The van der Waals surface area contributed by atoms with Crippen LogP contribution in [0.4, 0.5) is 0 Å². The van der Waals surface area contributed by atoms with Gasteiger partial charge in [-0.2, -0.15) is 0 Å². The number of aromatic hydroxyl groups is 1. The molecule has 1 saturated heterocycles. The van der Waals surface area contributed by atoms with Crippen molar-refractivity contribution < 1.29 is 38.8 Å². The zero-order valence-corrected chi connectivity index (χ0v) is 28.0. The molecule has 6 aliphatic rings. The quantitative estimate of drug-likeness (QED) is 0.228. The Morgan fingerprint density at radius 2 is 1.70 bits per heavy atom. The molecule has 7 rings (SSSR count). The molecule has 2 N–H and O–H groups in total. The van der Waals surface area contributed by atoms with Gasteiger partial charge in [0.15, 0.2) is 22.8 Å². The number of carbonyl (C=O) groups is 3. The molecule has 46 heavy (non-hydrogen) atoms. The largest absolute Gasteiger partial charge is 0.506 e. The minimum atomic E-state index is -1.63. The van der Waals surface area contributed by atoms with Gasteiger partial charge in [0.1, 0.15) is 28.4 Å². The van der Waals surface area contributed by atoms with Gasteiger partial charge in [-0.1, -0.05) is 35.5 Å². The summed E-state index contributed by atoms with van der Waals surface area (Å²) in [4.78, 5) is 40.8. The zero-order valence-electron chi connectivity index (χ0n) is 28.0. The number of phenolic OH excluding ortho intramolecular Hbond substituents is 1. The van der Waals surface area contributed by atoms with Crippen LogP contribution in [0, 0.1) is 11.8 Å². The molecule has 4 bridgehead atoms. The molecule has 244 valence electrons. The van der Waals surface area contributed by atoms with Crippen molar-refractivity contribution in [2.45, 2.75) is 110 Å². The van der Waals surface area contributed by atoms with Crippen LogP contribution in [0.15, 0.2) is 52.7 Å². The summed E-state index contributed by atoms with van der Waals surface area (Å²) >= 11 is 0. The molecule has 3 unspecified atom stereocenters. The van der Waals surface area contributed by atoms with E-state index in [9.17, 15) is 24.6 Å². The molecule has 1 spiro atoms. The Morgan fingerprint density at radius 3 is 2.35 bits per heavy atom. The first-order chi connectivity index (χ1) is 21.5. The number of ether oxygens (including phenoxy) is 3. The number of benzene rings is 1. The Balaban J connectivity index is 1.59. The lowest BCUT2D eigenvalue weighted by atomic mass is 9.51. The third-order valence-electron chi connectivity index (χ3n) is 10.5. The molecule has 2 fully saturated rings. The summed E-state index contributed by atoms with van der Waals surface area (Å²) in [7, 11) is 0. The maximum atomic E-state index is 14.7. The normalized spacial score (nSPS) is 31.2. The number of carboxylic acid groups (broad SMARTS) is 1. The predicted octanol–water partition coefficient (Wildman–Crippen LogP) is 7.24. The van der Waals surface area contributed by atoms with E-state index in [4.69, 9.17) is 14.2 Å². The molecule has 0 radical (unpaired) electrons. The third-order valence-corrected chi connectivity index (χ3v) is 10.5. The summed E-state index contributed by atoms with van der Waals surface area (Å²) in [5, 5.41) is 21.4. The van der Waals surface area contributed by atoms with Crippen molar-refractivity contribution in [3.8, 4) is 17.2 Å². The Kier molecular flexibility index (Phi) is 7.36. The van der Waals surface area contributed by atoms with Crippen molar-refractivity contribution in [1.29, 1.82) is 0 Å². The first-order valence-electron chi connectivity index (χ1n) is 16.2. The smallest absolute Gasteiger partial charge is 0.330 e. The number of hydrogen-bond donors (Lipinski definition) is 2. The molecule has 8 nitrogen and oxygen atoms in total. The number of ketones is 2. The summed E-state index contributed by atoms with van der Waals surface area (Å²) in [6.07, 6.45) is 13.4. The van der Waals surface area contributed by atoms with Gasteiger partial charge >= 0.3 is 5.97 Å². The summed E-state index contributed by atoms with van der Waals surface area (Å²) in [6.45, 7) is 15.4. The van der Waals surface area contributed by atoms with Gasteiger partial charge in [0.2, 0.25) is 0 Å². The molecule has 3 aliphatic carbocycles. The Morgan fingerprint density at radius 1 is 1.00 bits per heavy atom. The van der Waals surface area contributed by atoms with E-state index in [-0.39, 0.29) is 40.8 Å². The van der Waals surface area contributed by atoms with E-state index >= 15 is 0 Å². The molecule has 1 aromatic carbocycles. The van der Waals surface area contributed by atoms with Crippen molar-refractivity contribution in [3.05, 3.63) is 69.4 Å². The second-order valence-electron chi connectivity index (χ2n) is 14.8. The molecule has 8 heteroatoms. The van der Waals surface area contributed by atoms with Crippen molar-refractivity contribution in [2.24, 2.45) is 11.8 Å². The number of phenols is 1. The molecule has 0 amide bonds. The first-order valence-corrected chi connectivity index (χ1v) is 16.2. The highest BCUT2D eigenvalue weighted by atomic mass is 16.6. The topological polar surface area (TPSA) is 119 Å². The molecule has 3 heterocycles. The standard InChI is InChI=1S/C38H44O8/c1-20(2)10-9-15-36(8)16-14-24-29(39)28-30(40)26-18-23-19-27-35(6,7)46-37(33(23)41,17-13-22(5)34(42)43)38(26,27)45-32(28)25(31(24)44-36)12-11-21(3)4/h10-11,13-14,16,18,23,27,39H,9,12,15,17,19H2,1-8H3,(H,42,43)/b22-13+/t23?,27?,36-,37?,38-/m1/s1. The number of aliphatic carboxylic acids is 1. The second kappa shape index (κ2) is 10.6. The maximum Gasteiger partial charge on any atom is 0.330 e. The third kappa shape index (κ3) is 4.47. The van der Waals surface area contributed by atoms with Crippen LogP contribution in [0.25, 0.3) is 6.08 Å². The number of hydrogen-bond acceptors (Lipinski definition) is 7. The van der Waals surface area contributed by atoms with Gasteiger partial charge in [-0.05, 0) is 93.2 Å². The predicted molar refractivity (Wildman–Crippen MR) is 174 cm³/mol. The van der Waals surface area contributed by atoms with Crippen LogP contribution in [0.2, 0.25) is 0 Å². The second-order valence-corrected chi connectivity index (χ2v) is 14.8. The number of fused-ring (bicyclic) bond motifs is 2. The lowest BCUT2D eigenvalue weighted by molar-refractivity contribution is -0.171. The van der Waals surface area contributed by atoms with Gasteiger partial charge in [0, 0.05) is 35.0 Å². The maximum absolute atomic E-state index is 14.7. The van der Waals surface area contributed by atoms with Crippen LogP contribution in [-0.4, -0.2) is 50.2 Å². The van der Waals surface area contributed by atoms with E-state index in [1.807, 2.05) is 52.8 Å². The highest BCUT2D eigenvalue weighted by Crippen LogP contribution is 2.68. The minimum Gasteiger partial charge on any atom is -0.506 e. The molecular formula is C38H44O8. The van der Waals surface area contributed by atoms with Crippen LogP contribution in [0.3, 0.4) is 0 Å². The summed E-state index contributed by atoms with van der Waals surface area (Å²) in [5.41, 5.74) is -0.952. The van der Waals surface area contributed by atoms with Gasteiger partial charge in [-0.25, -0.2) is 4.79 Å². The van der Waals surface area contributed by atoms with Crippen LogP contribution < -0.4 is 9.47 Å². The van der Waals surface area contributed by atoms with E-state index in [1.54, 1.807) is 6.08 Å². The SMILES string of the molecule is CC(C)=CCC[C@]1(C)C=Cc2c(O)c3c(c(CC=C(C)C)c2O1)O[C@]12C(=CC4CC1C(C)(C)OC2(C/C=C(\C)C(=O)O)C4=O)C3=O. The minimum absolute atomic E-state index is 0.0544. The summed E-state index contributed by atoms with van der Waals surface area (Å²) in [6, 6.07) is 0. The number of Topliss-reactive ketones (excluding diaryl/α,β-unsaturated/α-hetero) is 2. The highest BCUT2D eigenvalue weighted by Gasteiger charge is 2.81. The number of allylic oxidation sites excluding steroid dienone is 5. The monoisotopic (exact) mass is 628 g/mol. The van der Waals surface area contributed by atoms with Crippen molar-refractivity contribution in [3.63, 3.8) is 0 Å². The van der Waals surface area contributed by atoms with Gasteiger partial charge in [0.05, 0.1) is 11.2 Å². The fourth-order valence-corrected chi connectivity index (χ4v) is 8.17. The highest BCUT2D eigenvalue weighted by molar-refractivity contribution is 6.19. The van der Waals surface area contributed by atoms with Gasteiger partial charge in [-0.15, -0.1) is 0 Å². The van der Waals surface area contributed by atoms with E-state index in [0.29, 0.717) is 41.7 Å². The molecule has 3 aliphatic heterocycles. The van der Waals surface area contributed by atoms with Crippen LogP contribution >= 0.6 is 0 Å². The average Bonchev–Trinajstić information content (AvgIpc) is 3.12. The first kappa shape index (κ1) is 32.0. The van der Waals surface area contributed by atoms with Gasteiger partial charge < -0.3 is 24.4 Å². The summed E-state index contributed by atoms with van der Waals surface area (Å²) < 4.78 is 20.6. The summed E-state index contributed by atoms with van der Waals surface area (Å²) in [5.74, 6) is -2.28. The number of carboxylic acids is 1. The van der Waals surface area contributed by atoms with E-state index in [2.05, 4.69) is 19.9 Å². The van der Waals surface area contributed by atoms with Crippen LogP contribution in [0.5, 0.6) is 17.2 Å². The lowest BCUT2D eigenvalue weighted by Crippen LogP contribution is -2.72. The number of carbonyl (C=O) groups excluding carboxylic acids is 2.